The molecule has 0 spiro atoms. The SMILES string of the molecule is CC/C(=N\N=C(/C)c1cccc(Br)c1)OCc1c(Cl)cccc1N(N)C(=O)N(C)N. The molecule has 2 aromatic carbocycles. The number of carbonyl (C=O) groups is 1. The highest BCUT2D eigenvalue weighted by molar-refractivity contribution is 9.10. The second kappa shape index (κ2) is 11.1. The van der Waals surface area contributed by atoms with E-state index in [1.165, 1.54) is 7.05 Å². The Kier molecular flexibility index (Phi) is 8.79. The van der Waals surface area contributed by atoms with Gasteiger partial charge in [-0.05, 0) is 36.8 Å². The van der Waals surface area contributed by atoms with Crippen LogP contribution < -0.4 is 16.7 Å². The maximum Gasteiger partial charge on any atom is 0.352 e. The fourth-order valence-corrected chi connectivity index (χ4v) is 3.07. The van der Waals surface area contributed by atoms with Crippen LogP contribution in [0.15, 0.2) is 57.1 Å². The van der Waals surface area contributed by atoms with Gasteiger partial charge in [0.15, 0.2) is 0 Å². The number of amides is 2. The average Bonchev–Trinajstić information content (AvgIpc) is 2.73. The van der Waals surface area contributed by atoms with E-state index < -0.39 is 6.03 Å². The largest absolute Gasteiger partial charge is 0.475 e. The molecular weight excluding hydrogens is 472 g/mol. The zero-order valence-corrected chi connectivity index (χ0v) is 19.3. The monoisotopic (exact) mass is 494 g/mol. The third kappa shape index (κ3) is 6.27. The van der Waals surface area contributed by atoms with E-state index in [1.54, 1.807) is 18.2 Å². The Morgan fingerprint density at radius 1 is 1.20 bits per heavy atom. The summed E-state index contributed by atoms with van der Waals surface area (Å²) in [6, 6.07) is 12.2. The summed E-state index contributed by atoms with van der Waals surface area (Å²) >= 11 is 9.76. The van der Waals surface area contributed by atoms with Crippen LogP contribution >= 0.6 is 27.5 Å². The summed E-state index contributed by atoms with van der Waals surface area (Å²) in [5.74, 6) is 11.8. The number of nitrogens with two attached hydrogens (primary N) is 2. The molecule has 0 aromatic heterocycles. The molecule has 0 saturated carbocycles. The highest BCUT2D eigenvalue weighted by atomic mass is 79.9. The highest BCUT2D eigenvalue weighted by Gasteiger charge is 2.19. The molecule has 30 heavy (non-hydrogen) atoms. The van der Waals surface area contributed by atoms with E-state index in [0.717, 1.165) is 25.8 Å². The Morgan fingerprint density at radius 3 is 2.53 bits per heavy atom. The maximum atomic E-state index is 12.1. The molecule has 0 radical (unpaired) electrons. The fourth-order valence-electron chi connectivity index (χ4n) is 2.45. The number of rotatable bonds is 6. The minimum Gasteiger partial charge on any atom is -0.475 e. The Balaban J connectivity index is 2.21. The van der Waals surface area contributed by atoms with Gasteiger partial charge in [0.2, 0.25) is 5.90 Å². The van der Waals surface area contributed by atoms with Crippen molar-refractivity contribution < 1.29 is 9.53 Å². The summed E-state index contributed by atoms with van der Waals surface area (Å²) in [4.78, 5) is 12.1. The van der Waals surface area contributed by atoms with Gasteiger partial charge >= 0.3 is 6.03 Å². The van der Waals surface area contributed by atoms with Gasteiger partial charge in [-0.3, -0.25) is 5.01 Å². The zero-order valence-electron chi connectivity index (χ0n) is 17.0. The number of benzene rings is 2. The summed E-state index contributed by atoms with van der Waals surface area (Å²) in [5, 5.41) is 10.7. The predicted octanol–water partition coefficient (Wildman–Crippen LogP) is 4.46. The van der Waals surface area contributed by atoms with E-state index in [4.69, 9.17) is 28.0 Å². The van der Waals surface area contributed by atoms with Crippen molar-refractivity contribution in [1.29, 1.82) is 0 Å². The first kappa shape index (κ1) is 23.8. The summed E-state index contributed by atoms with van der Waals surface area (Å²) < 4.78 is 6.77. The molecule has 0 fully saturated rings. The van der Waals surface area contributed by atoms with Gasteiger partial charge < -0.3 is 4.74 Å². The number of urea groups is 1. The number of hydrazine groups is 2. The molecule has 8 nitrogen and oxygen atoms in total. The van der Waals surface area contributed by atoms with Crippen molar-refractivity contribution in [3.63, 3.8) is 0 Å². The summed E-state index contributed by atoms with van der Waals surface area (Å²) in [7, 11) is 1.40. The van der Waals surface area contributed by atoms with Crippen LogP contribution in [-0.2, 0) is 11.3 Å². The molecule has 2 rings (SSSR count). The van der Waals surface area contributed by atoms with Gasteiger partial charge in [0.05, 0.1) is 11.4 Å². The molecule has 0 bridgehead atoms. The van der Waals surface area contributed by atoms with Crippen LogP contribution in [0.2, 0.25) is 5.02 Å². The molecule has 0 aliphatic heterocycles. The molecule has 0 atom stereocenters. The molecule has 2 aromatic rings. The van der Waals surface area contributed by atoms with Crippen molar-refractivity contribution in [2.75, 3.05) is 12.1 Å². The molecule has 4 N–H and O–H groups in total. The minimum atomic E-state index is -0.600. The van der Waals surface area contributed by atoms with Crippen LogP contribution in [0.5, 0.6) is 0 Å². The molecule has 0 heterocycles. The van der Waals surface area contributed by atoms with E-state index >= 15 is 0 Å². The third-order valence-corrected chi connectivity index (χ3v) is 4.95. The van der Waals surface area contributed by atoms with Crippen LogP contribution in [0, 0.1) is 0 Å². The summed E-state index contributed by atoms with van der Waals surface area (Å²) in [6.45, 7) is 3.83. The van der Waals surface area contributed by atoms with Gasteiger partial charge in [-0.15, -0.1) is 5.10 Å². The van der Waals surface area contributed by atoms with Crippen LogP contribution in [-0.4, -0.2) is 29.7 Å². The van der Waals surface area contributed by atoms with Crippen molar-refractivity contribution in [2.45, 2.75) is 26.9 Å². The maximum absolute atomic E-state index is 12.1. The lowest BCUT2D eigenvalue weighted by Gasteiger charge is -2.23. The summed E-state index contributed by atoms with van der Waals surface area (Å²) in [5.41, 5.74) is 2.61. The van der Waals surface area contributed by atoms with Gasteiger partial charge in [0.25, 0.3) is 0 Å². The van der Waals surface area contributed by atoms with E-state index in [9.17, 15) is 4.79 Å². The van der Waals surface area contributed by atoms with Crippen LogP contribution in [0.1, 0.15) is 31.4 Å². The topological polar surface area (TPSA) is 110 Å². The molecule has 0 aliphatic rings. The molecule has 10 heteroatoms. The summed E-state index contributed by atoms with van der Waals surface area (Å²) in [6.07, 6.45) is 0.520. The van der Waals surface area contributed by atoms with Crippen LogP contribution in [0.4, 0.5) is 10.5 Å². The zero-order chi connectivity index (χ0) is 22.3. The predicted molar refractivity (Wildman–Crippen MR) is 124 cm³/mol. The lowest BCUT2D eigenvalue weighted by molar-refractivity contribution is 0.216. The van der Waals surface area contributed by atoms with Crippen molar-refractivity contribution in [3.8, 4) is 0 Å². The second-order valence-corrected chi connectivity index (χ2v) is 7.66. The minimum absolute atomic E-state index is 0.0579. The molecule has 0 aliphatic carbocycles. The van der Waals surface area contributed by atoms with Gasteiger partial charge in [-0.25, -0.2) is 21.5 Å². The van der Waals surface area contributed by atoms with E-state index in [0.29, 0.717) is 28.6 Å². The van der Waals surface area contributed by atoms with Gasteiger partial charge in [0.1, 0.15) is 6.61 Å². The lowest BCUT2D eigenvalue weighted by atomic mass is 10.1. The van der Waals surface area contributed by atoms with E-state index in [1.807, 2.05) is 38.1 Å². The molecule has 160 valence electrons. The molecule has 0 unspecified atom stereocenters. The smallest absolute Gasteiger partial charge is 0.352 e. The first-order chi connectivity index (χ1) is 14.2. The Bertz CT molecular complexity index is 964. The van der Waals surface area contributed by atoms with Crippen molar-refractivity contribution in [2.24, 2.45) is 21.9 Å². The number of carbonyl (C=O) groups excluding carboxylic acids is 1. The third-order valence-electron chi connectivity index (χ3n) is 4.10. The average molecular weight is 496 g/mol. The van der Waals surface area contributed by atoms with Crippen molar-refractivity contribution >= 4 is 50.9 Å². The van der Waals surface area contributed by atoms with Gasteiger partial charge in [-0.2, -0.15) is 5.10 Å². The van der Waals surface area contributed by atoms with Crippen molar-refractivity contribution in [3.05, 3.63) is 63.1 Å². The van der Waals surface area contributed by atoms with Crippen LogP contribution in [0.25, 0.3) is 0 Å². The fraction of sp³-hybridized carbons (Fsp3) is 0.250. The number of hydrogen-bond acceptors (Lipinski definition) is 6. The number of ether oxygens (including phenoxy) is 1. The van der Waals surface area contributed by atoms with Gasteiger partial charge in [-0.1, -0.05) is 52.7 Å². The Morgan fingerprint density at radius 2 is 1.90 bits per heavy atom. The van der Waals surface area contributed by atoms with Crippen molar-refractivity contribution in [1.82, 2.24) is 5.01 Å². The highest BCUT2D eigenvalue weighted by Crippen LogP contribution is 2.27. The molecule has 0 saturated heterocycles. The van der Waals surface area contributed by atoms with E-state index in [2.05, 4.69) is 26.1 Å². The van der Waals surface area contributed by atoms with Gasteiger partial charge in [0, 0.05) is 28.5 Å². The Hall–Kier alpha value is -2.46. The second-order valence-electron chi connectivity index (χ2n) is 6.33. The van der Waals surface area contributed by atoms with E-state index in [-0.39, 0.29) is 6.61 Å². The number of hydrogen-bond donors (Lipinski definition) is 2. The Labute approximate surface area is 189 Å². The van der Waals surface area contributed by atoms with Crippen LogP contribution in [0.3, 0.4) is 0 Å². The lowest BCUT2D eigenvalue weighted by Crippen LogP contribution is -2.49. The normalized spacial score (nSPS) is 12.0. The first-order valence-corrected chi connectivity index (χ1v) is 10.3. The number of nitrogens with zero attached hydrogens (tertiary/aromatic N) is 4. The number of halogens is 2. The number of anilines is 1. The molecular formula is C20H24BrClN6O2. The quantitative estimate of drug-likeness (QED) is 0.203. The standard InChI is InChI=1S/C20H24BrClN6O2/c1-4-19(26-25-13(2)14-7-5-8-15(21)11-14)30-12-16-17(22)9-6-10-18(16)28(24)20(29)27(3)23/h5-11H,4,12,23-24H2,1-3H3/b25-13+,26-19+. The first-order valence-electron chi connectivity index (χ1n) is 9.09. The molecule has 2 amide bonds.